The van der Waals surface area contributed by atoms with E-state index in [0.29, 0.717) is 11.1 Å². The normalized spacial score (nSPS) is 16.5. The van der Waals surface area contributed by atoms with E-state index in [9.17, 15) is 23.7 Å². The van der Waals surface area contributed by atoms with Gasteiger partial charge >= 0.3 is 7.52 Å². The average molecular weight is 590 g/mol. The fourth-order valence-corrected chi connectivity index (χ4v) is 5.92. The molecule has 15 heteroatoms. The van der Waals surface area contributed by atoms with Gasteiger partial charge in [0.1, 0.15) is 35.3 Å². The third-order valence-electron chi connectivity index (χ3n) is 5.59. The van der Waals surface area contributed by atoms with Crippen molar-refractivity contribution in [2.75, 3.05) is 5.32 Å². The second-order valence-electron chi connectivity index (χ2n) is 8.12. The highest BCUT2D eigenvalue weighted by molar-refractivity contribution is 7.65. The molecule has 11 nitrogen and oxygen atoms in total. The first kappa shape index (κ1) is 26.6. The van der Waals surface area contributed by atoms with Crippen LogP contribution in [0.4, 0.5) is 10.1 Å². The lowest BCUT2D eigenvalue weighted by Gasteiger charge is -2.23. The zero-order valence-electron chi connectivity index (χ0n) is 19.6. The van der Waals surface area contributed by atoms with Crippen LogP contribution in [0.15, 0.2) is 75.3 Å². The summed E-state index contributed by atoms with van der Waals surface area (Å²) in [6, 6.07) is 9.89. The minimum absolute atomic E-state index is 0.0415. The lowest BCUT2D eigenvalue weighted by molar-refractivity contribution is 0.250. The number of aromatic nitrogens is 2. The molecule has 0 amide bonds. The van der Waals surface area contributed by atoms with Crippen LogP contribution in [0.5, 0.6) is 11.5 Å². The number of hydrogen-bond acceptors (Lipinski definition) is 9. The number of amidine groups is 1. The molecule has 0 spiro atoms. The minimum Gasteiger partial charge on any atom is -0.505 e. The van der Waals surface area contributed by atoms with Crippen molar-refractivity contribution in [1.82, 2.24) is 9.78 Å². The highest BCUT2D eigenvalue weighted by atomic mass is 35.5. The number of nitrogens with two attached hydrogens (primary N) is 1. The number of aromatic hydroxyl groups is 1. The summed E-state index contributed by atoms with van der Waals surface area (Å²) in [5.74, 6) is 3.61. The van der Waals surface area contributed by atoms with Crippen molar-refractivity contribution in [3.8, 4) is 22.8 Å². The Kier molecular flexibility index (Phi) is 7.25. The summed E-state index contributed by atoms with van der Waals surface area (Å²) in [5, 5.41) is 21.6. The smallest absolute Gasteiger partial charge is 0.346 e. The Morgan fingerprint density at radius 2 is 2.05 bits per heavy atom. The van der Waals surface area contributed by atoms with E-state index < -0.39 is 24.6 Å². The first-order valence-electron chi connectivity index (χ1n) is 11.0. The number of nitrogens with zero attached hydrogens (tertiary/aromatic N) is 3. The summed E-state index contributed by atoms with van der Waals surface area (Å²) < 4.78 is 37.2. The second kappa shape index (κ2) is 10.6. The Morgan fingerprint density at radius 1 is 1.23 bits per heavy atom. The molecule has 4 aromatic rings. The number of thiophene rings is 1. The zero-order chi connectivity index (χ0) is 27.7. The molecule has 3 heterocycles. The van der Waals surface area contributed by atoms with E-state index in [1.165, 1.54) is 41.7 Å². The largest absolute Gasteiger partial charge is 0.505 e. The van der Waals surface area contributed by atoms with Gasteiger partial charge in [-0.05, 0) is 47.3 Å². The summed E-state index contributed by atoms with van der Waals surface area (Å²) in [5.41, 5.74) is -0.00931. The van der Waals surface area contributed by atoms with E-state index in [-0.39, 0.29) is 45.4 Å². The van der Waals surface area contributed by atoms with Crippen LogP contribution in [-0.2, 0) is 15.9 Å². The third-order valence-corrected chi connectivity index (χ3v) is 8.03. The Labute approximate surface area is 228 Å². The monoisotopic (exact) mass is 589 g/mol. The molecule has 1 aliphatic heterocycles. The molecule has 0 aliphatic carbocycles. The molecule has 0 saturated carbocycles. The lowest BCUT2D eigenvalue weighted by atomic mass is 10.1. The summed E-state index contributed by atoms with van der Waals surface area (Å²) in [7, 11) is -4.44. The molecule has 2 aromatic carbocycles. The van der Waals surface area contributed by atoms with Gasteiger partial charge in [0.25, 0.3) is 5.56 Å². The molecule has 0 radical (unpaired) electrons. The van der Waals surface area contributed by atoms with Crippen molar-refractivity contribution in [3.05, 3.63) is 98.1 Å². The fraction of sp³-hybridized carbons (Fsp3) is 0.0417. The Balaban J connectivity index is 1.63. The Hall–Kier alpha value is -4.00. The first-order chi connectivity index (χ1) is 18.7. The maximum Gasteiger partial charge on any atom is 0.346 e. The Morgan fingerprint density at radius 3 is 2.77 bits per heavy atom. The highest BCUT2D eigenvalue weighted by Crippen LogP contribution is 2.48. The second-order valence-corrected chi connectivity index (χ2v) is 11.1. The van der Waals surface area contributed by atoms with Crippen molar-refractivity contribution in [1.29, 1.82) is 0 Å². The summed E-state index contributed by atoms with van der Waals surface area (Å²) in [6.45, 7) is -0.134. The number of fused-ring (bicyclic) bond motifs is 1. The van der Waals surface area contributed by atoms with Gasteiger partial charge in [-0.1, -0.05) is 17.7 Å². The van der Waals surface area contributed by atoms with Gasteiger partial charge in [-0.3, -0.25) is 9.36 Å². The maximum absolute atomic E-state index is 13.7. The lowest BCUT2D eigenvalue weighted by Crippen LogP contribution is -2.34. The predicted molar refractivity (Wildman–Crippen MR) is 145 cm³/mol. The van der Waals surface area contributed by atoms with Crippen molar-refractivity contribution in [2.45, 2.75) is 6.54 Å². The zero-order valence-corrected chi connectivity index (χ0v) is 22.1. The van der Waals surface area contributed by atoms with Crippen LogP contribution < -0.4 is 26.8 Å². The van der Waals surface area contributed by atoms with Crippen molar-refractivity contribution < 1.29 is 28.5 Å². The van der Waals surface area contributed by atoms with E-state index in [1.807, 2.05) is 0 Å². The number of anilines is 1. The summed E-state index contributed by atoms with van der Waals surface area (Å²) >= 11 is 7.24. The predicted octanol–water partition coefficient (Wildman–Crippen LogP) is 3.94. The van der Waals surface area contributed by atoms with E-state index in [1.54, 1.807) is 16.8 Å². The standard InChI is InChI=1S/C24H18ClFN5O6PS/c25-16-9-13(1-3-17(16)26)11-31-24(33)20(22(32)21(29-31)14-5-8-39-12-14)23-28-18-4-2-15(36-6-7-37-27)10-19(18)38(34,35)30-23/h1-10,12,32H,11,27H2,(H2,28,30,34,35)/b7-6+. The molecule has 0 saturated heterocycles. The van der Waals surface area contributed by atoms with E-state index in [0.717, 1.165) is 23.3 Å². The molecule has 5 rings (SSSR count). The topological polar surface area (TPSA) is 161 Å². The number of ether oxygens (including phenoxy) is 1. The molecule has 2 aromatic heterocycles. The molecular weight excluding hydrogens is 572 g/mol. The van der Waals surface area contributed by atoms with Gasteiger partial charge < -0.3 is 24.9 Å². The number of halogens is 2. The molecule has 5 N–H and O–H groups in total. The van der Waals surface area contributed by atoms with Crippen LogP contribution in [-0.4, -0.2) is 25.6 Å². The van der Waals surface area contributed by atoms with E-state index >= 15 is 0 Å². The van der Waals surface area contributed by atoms with Crippen LogP contribution in [0.25, 0.3) is 11.3 Å². The van der Waals surface area contributed by atoms with Crippen molar-refractivity contribution >= 4 is 47.3 Å². The van der Waals surface area contributed by atoms with Gasteiger partial charge in [-0.25, -0.2) is 9.07 Å². The maximum atomic E-state index is 13.7. The molecule has 1 unspecified atom stereocenters. The first-order valence-corrected chi connectivity index (χ1v) is 13.9. The summed E-state index contributed by atoms with van der Waals surface area (Å²) in [6.07, 6.45) is 2.20. The quantitative estimate of drug-likeness (QED) is 0.142. The van der Waals surface area contributed by atoms with E-state index in [2.05, 4.69) is 20.0 Å². The molecule has 0 fully saturated rings. The molecule has 1 aliphatic rings. The van der Waals surface area contributed by atoms with Crippen LogP contribution in [0.1, 0.15) is 11.1 Å². The number of rotatable bonds is 7. The highest BCUT2D eigenvalue weighted by Gasteiger charge is 2.34. The molecule has 200 valence electrons. The molecule has 0 bridgehead atoms. The van der Waals surface area contributed by atoms with Crippen LogP contribution in [0.2, 0.25) is 5.02 Å². The van der Waals surface area contributed by atoms with Gasteiger partial charge in [-0.15, -0.1) is 0 Å². The average Bonchev–Trinajstić information content (AvgIpc) is 3.43. The fourth-order valence-electron chi connectivity index (χ4n) is 3.81. The third kappa shape index (κ3) is 5.31. The molecule has 1 atom stereocenters. The molecular formula is C24H18ClFN5O6PS. The van der Waals surface area contributed by atoms with Gasteiger partial charge in [0, 0.05) is 10.9 Å². The van der Waals surface area contributed by atoms with Gasteiger partial charge in [0.05, 0.1) is 22.6 Å². The van der Waals surface area contributed by atoms with Crippen LogP contribution in [0.3, 0.4) is 0 Å². The molecule has 39 heavy (non-hydrogen) atoms. The van der Waals surface area contributed by atoms with Gasteiger partial charge in [-0.2, -0.15) is 27.1 Å². The number of nitrogens with one attached hydrogen (secondary N) is 1. The number of benzene rings is 2. The number of hydrogen-bond donors (Lipinski definition) is 4. The van der Waals surface area contributed by atoms with Crippen molar-refractivity contribution in [3.63, 3.8) is 0 Å². The van der Waals surface area contributed by atoms with E-state index in [4.69, 9.17) is 22.2 Å². The van der Waals surface area contributed by atoms with Gasteiger partial charge in [0.15, 0.2) is 11.6 Å². The van der Waals surface area contributed by atoms with Crippen molar-refractivity contribution in [2.24, 2.45) is 10.7 Å². The van der Waals surface area contributed by atoms with Crippen LogP contribution >= 0.6 is 30.5 Å². The Bertz CT molecular complexity index is 1740. The van der Waals surface area contributed by atoms with Gasteiger partial charge in [0.2, 0.25) is 0 Å². The SMILES string of the molecule is NO/C=C/Oc1ccc2c(c1)P(=O)(O)N=C(c1c(O)c(-c3ccsc3)nn(Cc3ccc(F)c(Cl)c3)c1=O)N2. The van der Waals surface area contributed by atoms with Crippen LogP contribution in [0, 0.1) is 5.82 Å². The minimum atomic E-state index is -4.44. The summed E-state index contributed by atoms with van der Waals surface area (Å²) in [4.78, 5) is 28.7.